The molecule has 4 heteroatoms. The van der Waals surface area contributed by atoms with Gasteiger partial charge in [0.2, 0.25) is 0 Å². The first-order valence-electron chi connectivity index (χ1n) is 6.96. The predicted octanol–water partition coefficient (Wildman–Crippen LogP) is 1.66. The predicted molar refractivity (Wildman–Crippen MR) is 74.2 cm³/mol. The van der Waals surface area contributed by atoms with Crippen LogP contribution in [0.15, 0.2) is 24.3 Å². The fraction of sp³-hybridized carbons (Fsp3) is 0.533. The van der Waals surface area contributed by atoms with Gasteiger partial charge in [0.05, 0.1) is 0 Å². The van der Waals surface area contributed by atoms with Crippen LogP contribution in [-0.4, -0.2) is 43.2 Å². The van der Waals surface area contributed by atoms with Crippen LogP contribution in [0, 0.1) is 0 Å². The molecule has 1 aromatic rings. The Balaban J connectivity index is 1.55. The summed E-state index contributed by atoms with van der Waals surface area (Å²) in [5.41, 5.74) is 2.26. The Morgan fingerprint density at radius 1 is 1.32 bits per heavy atom. The van der Waals surface area contributed by atoms with E-state index >= 15 is 0 Å². The van der Waals surface area contributed by atoms with E-state index in [-0.39, 0.29) is 18.1 Å². The van der Waals surface area contributed by atoms with E-state index in [9.17, 15) is 4.79 Å². The van der Waals surface area contributed by atoms with E-state index < -0.39 is 0 Å². The zero-order valence-corrected chi connectivity index (χ0v) is 11.3. The van der Waals surface area contributed by atoms with Crippen molar-refractivity contribution >= 4 is 11.7 Å². The Bertz CT molecular complexity index is 442. The lowest BCUT2D eigenvalue weighted by Crippen LogP contribution is -2.38. The van der Waals surface area contributed by atoms with Crippen molar-refractivity contribution in [3.63, 3.8) is 0 Å². The lowest BCUT2D eigenvalue weighted by Gasteiger charge is -2.29. The van der Waals surface area contributed by atoms with Gasteiger partial charge in [-0.2, -0.15) is 0 Å². The summed E-state index contributed by atoms with van der Waals surface area (Å²) < 4.78 is 5.63. The molecule has 4 nitrogen and oxygen atoms in total. The fourth-order valence-electron chi connectivity index (χ4n) is 2.79. The smallest absolute Gasteiger partial charge is 0.329 e. The van der Waals surface area contributed by atoms with E-state index in [1.54, 1.807) is 0 Å². The van der Waals surface area contributed by atoms with Crippen LogP contribution in [0.25, 0.3) is 0 Å². The van der Waals surface area contributed by atoms with Crippen LogP contribution < -0.4 is 5.32 Å². The minimum Gasteiger partial charge on any atom is -0.461 e. The normalized spacial score (nSPS) is 23.7. The molecule has 19 heavy (non-hydrogen) atoms. The fourth-order valence-corrected chi connectivity index (χ4v) is 2.79. The van der Waals surface area contributed by atoms with Crippen LogP contribution in [0.3, 0.4) is 0 Å². The van der Waals surface area contributed by atoms with Gasteiger partial charge in [0.25, 0.3) is 0 Å². The molecule has 2 aliphatic rings. The second kappa shape index (κ2) is 5.21. The summed E-state index contributed by atoms with van der Waals surface area (Å²) in [4.78, 5) is 14.4. The third kappa shape index (κ3) is 2.73. The molecule has 1 N–H and O–H groups in total. The second-order valence-electron chi connectivity index (χ2n) is 5.50. The molecule has 0 radical (unpaired) electrons. The zero-order valence-electron chi connectivity index (χ0n) is 11.3. The highest BCUT2D eigenvalue weighted by Crippen LogP contribution is 2.26. The van der Waals surface area contributed by atoms with Crippen molar-refractivity contribution < 1.29 is 9.53 Å². The summed E-state index contributed by atoms with van der Waals surface area (Å²) in [6.45, 7) is 2.02. The lowest BCUT2D eigenvalue weighted by molar-refractivity contribution is -0.151. The first-order valence-corrected chi connectivity index (χ1v) is 6.96. The number of benzene rings is 1. The minimum absolute atomic E-state index is 0.0919. The van der Waals surface area contributed by atoms with Gasteiger partial charge in [-0.1, -0.05) is 18.2 Å². The van der Waals surface area contributed by atoms with Crippen LogP contribution in [0.2, 0.25) is 0 Å². The molecule has 102 valence electrons. The molecular weight excluding hydrogens is 240 g/mol. The van der Waals surface area contributed by atoms with Crippen LogP contribution in [0.4, 0.5) is 5.69 Å². The average molecular weight is 260 g/mol. The molecule has 3 rings (SSSR count). The number of rotatable bonds is 2. The van der Waals surface area contributed by atoms with E-state index in [0.717, 1.165) is 38.0 Å². The summed E-state index contributed by atoms with van der Waals surface area (Å²) in [5.74, 6) is -0.106. The van der Waals surface area contributed by atoms with Gasteiger partial charge in [0.15, 0.2) is 0 Å². The largest absolute Gasteiger partial charge is 0.461 e. The first-order chi connectivity index (χ1) is 9.22. The number of carbonyl (C=O) groups excluding carboxylic acids is 1. The summed E-state index contributed by atoms with van der Waals surface area (Å²) in [6, 6.07) is 7.85. The van der Waals surface area contributed by atoms with Crippen LogP contribution in [-0.2, 0) is 16.0 Å². The number of ether oxygens (including phenoxy) is 1. The highest BCUT2D eigenvalue weighted by molar-refractivity contribution is 5.83. The van der Waals surface area contributed by atoms with E-state index in [0.29, 0.717) is 0 Å². The van der Waals surface area contributed by atoms with Gasteiger partial charge in [-0.3, -0.25) is 0 Å². The number of hydrogen-bond donors (Lipinski definition) is 1. The van der Waals surface area contributed by atoms with E-state index in [1.807, 2.05) is 18.2 Å². The van der Waals surface area contributed by atoms with Gasteiger partial charge in [0.1, 0.15) is 12.1 Å². The monoisotopic (exact) mass is 260 g/mol. The van der Waals surface area contributed by atoms with Crippen molar-refractivity contribution in [2.75, 3.05) is 25.5 Å². The maximum atomic E-state index is 12.2. The van der Waals surface area contributed by atoms with Crippen LogP contribution >= 0.6 is 0 Å². The molecule has 1 unspecified atom stereocenters. The van der Waals surface area contributed by atoms with Crippen LogP contribution in [0.5, 0.6) is 0 Å². The second-order valence-corrected chi connectivity index (χ2v) is 5.50. The number of hydrogen-bond acceptors (Lipinski definition) is 4. The molecule has 0 aliphatic carbocycles. The number of carbonyl (C=O) groups is 1. The topological polar surface area (TPSA) is 41.6 Å². The van der Waals surface area contributed by atoms with Gasteiger partial charge in [-0.05, 0) is 31.5 Å². The van der Waals surface area contributed by atoms with E-state index in [2.05, 4.69) is 23.3 Å². The molecule has 2 heterocycles. The molecule has 0 bridgehead atoms. The Labute approximate surface area is 113 Å². The summed E-state index contributed by atoms with van der Waals surface area (Å²) in [7, 11) is 2.10. The SMILES string of the molecule is CN1CCC(OC(=O)C2Cc3ccccc3N2)CC1. The Morgan fingerprint density at radius 3 is 2.79 bits per heavy atom. The first kappa shape index (κ1) is 12.5. The Morgan fingerprint density at radius 2 is 2.05 bits per heavy atom. The Kier molecular flexibility index (Phi) is 3.42. The Hall–Kier alpha value is -1.55. The lowest BCUT2D eigenvalue weighted by atomic mass is 10.1. The average Bonchev–Trinajstić information content (AvgIpc) is 2.85. The highest BCUT2D eigenvalue weighted by Gasteiger charge is 2.30. The molecule has 0 saturated carbocycles. The summed E-state index contributed by atoms with van der Waals surface area (Å²) in [6.07, 6.45) is 2.72. The van der Waals surface area contributed by atoms with Gasteiger partial charge < -0.3 is 15.0 Å². The third-order valence-corrected chi connectivity index (χ3v) is 4.00. The van der Waals surface area contributed by atoms with Crippen molar-refractivity contribution in [2.45, 2.75) is 31.4 Å². The van der Waals surface area contributed by atoms with Gasteiger partial charge in [-0.25, -0.2) is 4.79 Å². The zero-order chi connectivity index (χ0) is 13.2. The summed E-state index contributed by atoms with van der Waals surface area (Å²) >= 11 is 0. The number of piperidine rings is 1. The maximum absolute atomic E-state index is 12.2. The quantitative estimate of drug-likeness (QED) is 0.821. The van der Waals surface area contributed by atoms with Crippen molar-refractivity contribution in [1.82, 2.24) is 4.90 Å². The third-order valence-electron chi connectivity index (χ3n) is 4.00. The minimum atomic E-state index is -0.211. The van der Waals surface area contributed by atoms with Crippen molar-refractivity contribution in [1.29, 1.82) is 0 Å². The molecule has 1 fully saturated rings. The van der Waals surface area contributed by atoms with Crippen LogP contribution in [0.1, 0.15) is 18.4 Å². The van der Waals surface area contributed by atoms with Gasteiger partial charge in [-0.15, -0.1) is 0 Å². The molecule has 2 aliphatic heterocycles. The van der Waals surface area contributed by atoms with Crippen molar-refractivity contribution in [2.24, 2.45) is 0 Å². The number of anilines is 1. The molecule has 1 saturated heterocycles. The molecule has 0 aromatic heterocycles. The summed E-state index contributed by atoms with van der Waals surface area (Å²) in [5, 5.41) is 3.25. The van der Waals surface area contributed by atoms with Crippen molar-refractivity contribution in [3.8, 4) is 0 Å². The van der Waals surface area contributed by atoms with E-state index in [4.69, 9.17) is 4.74 Å². The number of nitrogens with zero attached hydrogens (tertiary/aromatic N) is 1. The number of para-hydroxylation sites is 1. The molecule has 1 atom stereocenters. The van der Waals surface area contributed by atoms with Gasteiger partial charge >= 0.3 is 5.97 Å². The molecule has 0 spiro atoms. The molecular formula is C15H20N2O2. The number of nitrogens with one attached hydrogen (secondary N) is 1. The highest BCUT2D eigenvalue weighted by atomic mass is 16.5. The molecule has 0 amide bonds. The maximum Gasteiger partial charge on any atom is 0.329 e. The van der Waals surface area contributed by atoms with E-state index in [1.165, 1.54) is 5.56 Å². The number of esters is 1. The number of likely N-dealkylation sites (tertiary alicyclic amines) is 1. The van der Waals surface area contributed by atoms with Gasteiger partial charge in [0, 0.05) is 25.2 Å². The molecule has 1 aromatic carbocycles. The number of fused-ring (bicyclic) bond motifs is 1. The van der Waals surface area contributed by atoms with Crippen molar-refractivity contribution in [3.05, 3.63) is 29.8 Å². The standard InChI is InChI=1S/C15H20N2O2/c1-17-8-6-12(7-9-17)19-15(18)14-10-11-4-2-3-5-13(11)16-14/h2-5,12,14,16H,6-10H2,1H3.